The van der Waals surface area contributed by atoms with Gasteiger partial charge in [0.1, 0.15) is 13.2 Å². The van der Waals surface area contributed by atoms with E-state index in [4.69, 9.17) is 14.2 Å². The Kier molecular flexibility index (Phi) is 55.4. The van der Waals surface area contributed by atoms with Crippen LogP contribution in [0.3, 0.4) is 0 Å². The summed E-state index contributed by atoms with van der Waals surface area (Å²) in [4.78, 5) is 38.3. The summed E-state index contributed by atoms with van der Waals surface area (Å²) in [7, 11) is 0. The summed E-state index contributed by atoms with van der Waals surface area (Å²) in [6.45, 7) is 11.4. The van der Waals surface area contributed by atoms with E-state index in [1.54, 1.807) is 0 Å². The first-order chi connectivity index (χ1) is 34.2. The number of carbonyl (C=O) groups excluding carboxylic acids is 3. The van der Waals surface area contributed by atoms with Crippen molar-refractivity contribution in [1.29, 1.82) is 0 Å². The molecule has 0 heterocycles. The number of rotatable bonds is 58. The van der Waals surface area contributed by atoms with Crippen molar-refractivity contribution in [2.75, 3.05) is 13.2 Å². The molecule has 416 valence electrons. The van der Waals surface area contributed by atoms with Crippen LogP contribution >= 0.6 is 0 Å². The van der Waals surface area contributed by atoms with Crippen LogP contribution in [0.4, 0.5) is 0 Å². The van der Waals surface area contributed by atoms with Crippen molar-refractivity contribution in [2.24, 2.45) is 11.8 Å². The van der Waals surface area contributed by atoms with Crippen LogP contribution in [0.25, 0.3) is 0 Å². The lowest BCUT2D eigenvalue weighted by Gasteiger charge is -2.18. The number of unbranched alkanes of at least 4 members (excludes halogenated alkanes) is 43. The van der Waals surface area contributed by atoms with Crippen molar-refractivity contribution in [3.05, 3.63) is 0 Å². The summed E-state index contributed by atoms with van der Waals surface area (Å²) in [5.74, 6) is 0.849. The summed E-state index contributed by atoms with van der Waals surface area (Å²) in [6, 6.07) is 0. The third kappa shape index (κ3) is 57.3. The van der Waals surface area contributed by atoms with Crippen molar-refractivity contribution < 1.29 is 28.6 Å². The van der Waals surface area contributed by atoms with E-state index in [1.165, 1.54) is 250 Å². The van der Waals surface area contributed by atoms with Gasteiger partial charge in [-0.3, -0.25) is 14.4 Å². The quantitative estimate of drug-likeness (QED) is 0.0343. The first kappa shape index (κ1) is 68.4. The topological polar surface area (TPSA) is 78.9 Å². The Morgan fingerprint density at radius 3 is 0.700 bits per heavy atom. The SMILES string of the molecule is CCCCCCCCCCCCCCCCCCCCCC(=O)OC[C@@H](COC(=O)CCCCCCCCCCCCCCC(C)C)OC(=O)CCCCCCCCCCCCCCCCCC(C)C. The van der Waals surface area contributed by atoms with E-state index in [1.807, 2.05) is 0 Å². The summed E-state index contributed by atoms with van der Waals surface area (Å²) >= 11 is 0. The molecular weight excluding hydrogens is 865 g/mol. The Hall–Kier alpha value is -1.59. The Balaban J connectivity index is 4.28. The number of ether oxygens (including phenoxy) is 3. The van der Waals surface area contributed by atoms with Gasteiger partial charge in [-0.25, -0.2) is 0 Å². The second kappa shape index (κ2) is 56.7. The van der Waals surface area contributed by atoms with Crippen LogP contribution in [0, 0.1) is 11.8 Å². The number of hydrogen-bond donors (Lipinski definition) is 0. The van der Waals surface area contributed by atoms with Crippen LogP contribution in [0.2, 0.25) is 0 Å². The molecule has 0 unspecified atom stereocenters. The van der Waals surface area contributed by atoms with E-state index in [0.717, 1.165) is 69.6 Å². The highest BCUT2D eigenvalue weighted by Gasteiger charge is 2.19. The van der Waals surface area contributed by atoms with Gasteiger partial charge in [-0.15, -0.1) is 0 Å². The van der Waals surface area contributed by atoms with Crippen LogP contribution in [-0.2, 0) is 28.6 Å². The Labute approximate surface area is 438 Å². The molecular formula is C64H124O6. The standard InChI is InChI=1S/C64H124O6/c1-6-7-8-9-10-11-12-13-14-15-16-17-20-23-29-34-39-44-49-54-62(65)68-57-61(58-69-63(66)55-50-45-40-35-30-26-25-28-33-38-43-48-53-60(4)5)70-64(67)56-51-46-41-36-31-24-21-18-19-22-27-32-37-42-47-52-59(2)3/h59-61H,6-58H2,1-5H3/t61-/m0/s1. The average Bonchev–Trinajstić information content (AvgIpc) is 3.33. The first-order valence-corrected chi connectivity index (χ1v) is 31.7. The molecule has 0 aliphatic heterocycles. The van der Waals surface area contributed by atoms with Crippen molar-refractivity contribution in [3.63, 3.8) is 0 Å². The predicted octanol–water partition coefficient (Wildman–Crippen LogP) is 21.2. The Bertz CT molecular complexity index is 1070. The summed E-state index contributed by atoms with van der Waals surface area (Å²) < 4.78 is 17.0. The molecule has 0 aromatic rings. The van der Waals surface area contributed by atoms with Crippen LogP contribution < -0.4 is 0 Å². The first-order valence-electron chi connectivity index (χ1n) is 31.7. The highest BCUT2D eigenvalue weighted by Crippen LogP contribution is 2.19. The third-order valence-electron chi connectivity index (χ3n) is 14.7. The summed E-state index contributed by atoms with van der Waals surface area (Å²) in [5, 5.41) is 0. The lowest BCUT2D eigenvalue weighted by Crippen LogP contribution is -2.30. The maximum atomic E-state index is 12.9. The Morgan fingerprint density at radius 1 is 0.271 bits per heavy atom. The minimum Gasteiger partial charge on any atom is -0.462 e. The highest BCUT2D eigenvalue weighted by molar-refractivity contribution is 5.71. The maximum Gasteiger partial charge on any atom is 0.306 e. The van der Waals surface area contributed by atoms with Gasteiger partial charge >= 0.3 is 17.9 Å². The molecule has 0 N–H and O–H groups in total. The molecule has 6 heteroatoms. The van der Waals surface area contributed by atoms with E-state index in [2.05, 4.69) is 34.6 Å². The maximum absolute atomic E-state index is 12.9. The van der Waals surface area contributed by atoms with Gasteiger partial charge in [-0.1, -0.05) is 324 Å². The predicted molar refractivity (Wildman–Crippen MR) is 303 cm³/mol. The molecule has 1 atom stereocenters. The molecule has 6 nitrogen and oxygen atoms in total. The molecule has 0 saturated carbocycles. The Morgan fingerprint density at radius 2 is 0.471 bits per heavy atom. The zero-order valence-corrected chi connectivity index (χ0v) is 48.2. The summed E-state index contributed by atoms with van der Waals surface area (Å²) in [5.41, 5.74) is 0. The monoisotopic (exact) mass is 989 g/mol. The van der Waals surface area contributed by atoms with Crippen molar-refractivity contribution >= 4 is 17.9 Å². The smallest absolute Gasteiger partial charge is 0.306 e. The molecule has 0 fully saturated rings. The van der Waals surface area contributed by atoms with Crippen molar-refractivity contribution in [1.82, 2.24) is 0 Å². The molecule has 0 aromatic heterocycles. The van der Waals surface area contributed by atoms with Gasteiger partial charge in [0.05, 0.1) is 0 Å². The molecule has 0 rings (SSSR count). The van der Waals surface area contributed by atoms with Gasteiger partial charge in [0.15, 0.2) is 6.10 Å². The normalized spacial score (nSPS) is 12.0. The number of carbonyl (C=O) groups is 3. The van der Waals surface area contributed by atoms with Crippen molar-refractivity contribution in [3.8, 4) is 0 Å². The second-order valence-electron chi connectivity index (χ2n) is 23.0. The fourth-order valence-electron chi connectivity index (χ4n) is 9.93. The van der Waals surface area contributed by atoms with Gasteiger partial charge in [0.2, 0.25) is 0 Å². The van der Waals surface area contributed by atoms with Gasteiger partial charge in [0, 0.05) is 19.3 Å². The molecule has 0 saturated heterocycles. The van der Waals surface area contributed by atoms with Gasteiger partial charge in [-0.05, 0) is 31.1 Å². The van der Waals surface area contributed by atoms with E-state index < -0.39 is 6.10 Å². The van der Waals surface area contributed by atoms with E-state index >= 15 is 0 Å². The van der Waals surface area contributed by atoms with E-state index in [9.17, 15) is 14.4 Å². The van der Waals surface area contributed by atoms with Crippen molar-refractivity contribution in [2.45, 2.75) is 368 Å². The third-order valence-corrected chi connectivity index (χ3v) is 14.7. The van der Waals surface area contributed by atoms with Crippen LogP contribution in [0.1, 0.15) is 362 Å². The van der Waals surface area contributed by atoms with Crippen LogP contribution in [0.15, 0.2) is 0 Å². The average molecular weight is 990 g/mol. The minimum absolute atomic E-state index is 0.0620. The molecule has 0 aromatic carbocycles. The molecule has 0 amide bonds. The highest BCUT2D eigenvalue weighted by atomic mass is 16.6. The van der Waals surface area contributed by atoms with E-state index in [0.29, 0.717) is 19.3 Å². The zero-order chi connectivity index (χ0) is 51.1. The van der Waals surface area contributed by atoms with Gasteiger partial charge < -0.3 is 14.2 Å². The molecule has 0 bridgehead atoms. The molecule has 0 radical (unpaired) electrons. The molecule has 0 spiro atoms. The lowest BCUT2D eigenvalue weighted by atomic mass is 10.0. The molecule has 0 aliphatic carbocycles. The summed E-state index contributed by atoms with van der Waals surface area (Å²) in [6.07, 6.45) is 62.5. The number of hydrogen-bond acceptors (Lipinski definition) is 6. The number of esters is 3. The molecule has 0 aliphatic rings. The fourth-order valence-corrected chi connectivity index (χ4v) is 9.93. The van der Waals surface area contributed by atoms with Crippen LogP contribution in [0.5, 0.6) is 0 Å². The minimum atomic E-state index is -0.764. The lowest BCUT2D eigenvalue weighted by molar-refractivity contribution is -0.167. The van der Waals surface area contributed by atoms with E-state index in [-0.39, 0.29) is 31.1 Å². The zero-order valence-electron chi connectivity index (χ0n) is 48.2. The second-order valence-corrected chi connectivity index (χ2v) is 23.0. The fraction of sp³-hybridized carbons (Fsp3) is 0.953. The van der Waals surface area contributed by atoms with Gasteiger partial charge in [0.25, 0.3) is 0 Å². The largest absolute Gasteiger partial charge is 0.462 e. The molecule has 70 heavy (non-hydrogen) atoms. The van der Waals surface area contributed by atoms with Gasteiger partial charge in [-0.2, -0.15) is 0 Å². The van der Waals surface area contributed by atoms with Crippen LogP contribution in [-0.4, -0.2) is 37.2 Å².